The molecule has 0 bridgehead atoms. The third-order valence-electron chi connectivity index (χ3n) is 1.84. The van der Waals surface area contributed by atoms with Gasteiger partial charge in [0, 0.05) is 11.0 Å². The summed E-state index contributed by atoms with van der Waals surface area (Å²) in [5.74, 6) is 0.279. The highest BCUT2D eigenvalue weighted by Crippen LogP contribution is 2.26. The molecule has 1 atom stereocenters. The fourth-order valence-corrected chi connectivity index (χ4v) is 1.48. The molecular weight excluding hydrogens is 174 g/mol. The Hall–Kier alpha value is -1.09. The highest BCUT2D eigenvalue weighted by molar-refractivity contribution is 6.31. The number of hydrogen-bond donors (Lipinski definition) is 1. The van der Waals surface area contributed by atoms with Gasteiger partial charge >= 0.3 is 0 Å². The van der Waals surface area contributed by atoms with E-state index in [4.69, 9.17) is 11.6 Å². The minimum Gasteiger partial charge on any atom is -0.198 e. The number of hydrogen-bond acceptors (Lipinski definition) is 2. The van der Waals surface area contributed by atoms with Crippen molar-refractivity contribution in [1.29, 1.82) is 0 Å². The van der Waals surface area contributed by atoms with Gasteiger partial charge in [0.1, 0.15) is 0 Å². The quantitative estimate of drug-likeness (QED) is 0.720. The van der Waals surface area contributed by atoms with Gasteiger partial charge in [-0.15, -0.1) is 0 Å². The van der Waals surface area contributed by atoms with Crippen LogP contribution in [0, 0.1) is 0 Å². The molecule has 0 aromatic carbocycles. The SMILES string of the molecule is ClC1=CC(c2cn[nH]n2)CC=C1. The van der Waals surface area contributed by atoms with E-state index in [1.165, 1.54) is 0 Å². The van der Waals surface area contributed by atoms with Gasteiger partial charge in [-0.1, -0.05) is 23.8 Å². The third-order valence-corrected chi connectivity index (χ3v) is 2.09. The highest BCUT2D eigenvalue weighted by Gasteiger charge is 2.12. The van der Waals surface area contributed by atoms with Crippen molar-refractivity contribution in [2.75, 3.05) is 0 Å². The summed E-state index contributed by atoms with van der Waals surface area (Å²) in [6, 6.07) is 0. The van der Waals surface area contributed by atoms with Crippen molar-refractivity contribution in [1.82, 2.24) is 15.4 Å². The van der Waals surface area contributed by atoms with Crippen molar-refractivity contribution in [3.05, 3.63) is 35.2 Å². The second-order valence-corrected chi connectivity index (χ2v) is 3.13. The number of aromatic amines is 1. The smallest absolute Gasteiger partial charge is 0.0896 e. The summed E-state index contributed by atoms with van der Waals surface area (Å²) in [5.41, 5.74) is 0.942. The van der Waals surface area contributed by atoms with E-state index in [-0.39, 0.29) is 5.92 Å². The van der Waals surface area contributed by atoms with E-state index >= 15 is 0 Å². The second-order valence-electron chi connectivity index (χ2n) is 2.69. The highest BCUT2D eigenvalue weighted by atomic mass is 35.5. The van der Waals surface area contributed by atoms with E-state index in [2.05, 4.69) is 15.4 Å². The Balaban J connectivity index is 2.22. The van der Waals surface area contributed by atoms with Crippen LogP contribution >= 0.6 is 11.6 Å². The van der Waals surface area contributed by atoms with Crippen molar-refractivity contribution < 1.29 is 0 Å². The number of nitrogens with one attached hydrogen (secondary N) is 1. The van der Waals surface area contributed by atoms with Gasteiger partial charge in [-0.05, 0) is 12.5 Å². The average molecular weight is 182 g/mol. The molecule has 0 fully saturated rings. The first-order valence-electron chi connectivity index (χ1n) is 3.76. The molecule has 1 heterocycles. The van der Waals surface area contributed by atoms with Crippen LogP contribution in [-0.4, -0.2) is 15.4 Å². The van der Waals surface area contributed by atoms with Gasteiger partial charge < -0.3 is 0 Å². The predicted octanol–water partition coefficient (Wildman–Crippen LogP) is 1.97. The minimum absolute atomic E-state index is 0.279. The number of allylic oxidation sites excluding steroid dienone is 4. The lowest BCUT2D eigenvalue weighted by Crippen LogP contribution is -1.97. The molecule has 1 unspecified atom stereocenters. The summed E-state index contributed by atoms with van der Waals surface area (Å²) >= 11 is 5.84. The zero-order chi connectivity index (χ0) is 8.39. The summed E-state index contributed by atoms with van der Waals surface area (Å²) in [4.78, 5) is 0. The van der Waals surface area contributed by atoms with Crippen LogP contribution in [0.4, 0.5) is 0 Å². The third kappa shape index (κ3) is 1.41. The maximum atomic E-state index is 5.84. The van der Waals surface area contributed by atoms with Crippen molar-refractivity contribution in [3.8, 4) is 0 Å². The van der Waals surface area contributed by atoms with Crippen molar-refractivity contribution in [2.45, 2.75) is 12.3 Å². The van der Waals surface area contributed by atoms with E-state index in [1.807, 2.05) is 18.2 Å². The van der Waals surface area contributed by atoms with E-state index in [1.54, 1.807) is 6.20 Å². The Labute approximate surface area is 75.1 Å². The Bertz CT molecular complexity index is 313. The monoisotopic (exact) mass is 181 g/mol. The van der Waals surface area contributed by atoms with Crippen molar-refractivity contribution in [2.24, 2.45) is 0 Å². The van der Waals surface area contributed by atoms with E-state index in [0.717, 1.165) is 17.1 Å². The van der Waals surface area contributed by atoms with Gasteiger partial charge in [0.2, 0.25) is 0 Å². The van der Waals surface area contributed by atoms with Crippen LogP contribution in [0.25, 0.3) is 0 Å². The van der Waals surface area contributed by atoms with Crippen LogP contribution in [0.15, 0.2) is 29.5 Å². The molecule has 0 radical (unpaired) electrons. The maximum Gasteiger partial charge on any atom is 0.0896 e. The molecule has 1 N–H and O–H groups in total. The Morgan fingerprint density at radius 3 is 3.17 bits per heavy atom. The molecule has 1 aliphatic carbocycles. The molecule has 1 aromatic rings. The number of rotatable bonds is 1. The van der Waals surface area contributed by atoms with Crippen molar-refractivity contribution >= 4 is 11.6 Å². The first-order valence-corrected chi connectivity index (χ1v) is 4.13. The Kier molecular flexibility index (Phi) is 1.96. The predicted molar refractivity (Wildman–Crippen MR) is 46.8 cm³/mol. The molecule has 0 aliphatic heterocycles. The minimum atomic E-state index is 0.279. The van der Waals surface area contributed by atoms with Crippen LogP contribution in [0.5, 0.6) is 0 Å². The molecular formula is C8H8ClN3. The van der Waals surface area contributed by atoms with Gasteiger partial charge in [0.15, 0.2) is 0 Å². The molecule has 12 heavy (non-hydrogen) atoms. The van der Waals surface area contributed by atoms with E-state index in [9.17, 15) is 0 Å². The molecule has 4 heteroatoms. The number of aromatic nitrogens is 3. The summed E-state index contributed by atoms with van der Waals surface area (Å²) in [5, 5.41) is 11.1. The Morgan fingerprint density at radius 1 is 1.58 bits per heavy atom. The maximum absolute atomic E-state index is 5.84. The zero-order valence-corrected chi connectivity index (χ0v) is 7.12. The molecule has 62 valence electrons. The van der Waals surface area contributed by atoms with Crippen molar-refractivity contribution in [3.63, 3.8) is 0 Å². The molecule has 0 amide bonds. The number of H-pyrrole nitrogens is 1. The average Bonchev–Trinajstić information content (AvgIpc) is 2.56. The summed E-state index contributed by atoms with van der Waals surface area (Å²) in [6.45, 7) is 0. The van der Waals surface area contributed by atoms with Crippen LogP contribution in [0.2, 0.25) is 0 Å². The summed E-state index contributed by atoms with van der Waals surface area (Å²) in [7, 11) is 0. The summed E-state index contributed by atoms with van der Waals surface area (Å²) in [6.07, 6.45) is 8.60. The molecule has 1 aromatic heterocycles. The lowest BCUT2D eigenvalue weighted by atomic mass is 9.98. The standard InChI is InChI=1S/C8H8ClN3/c9-7-3-1-2-6(4-7)8-5-10-12-11-8/h1,3-6H,2H2,(H,10,11,12). The molecule has 0 saturated heterocycles. The van der Waals surface area contributed by atoms with Gasteiger partial charge in [-0.25, -0.2) is 0 Å². The first kappa shape index (κ1) is 7.55. The fraction of sp³-hybridized carbons (Fsp3) is 0.250. The van der Waals surface area contributed by atoms with E-state index in [0.29, 0.717) is 0 Å². The second kappa shape index (κ2) is 3.11. The molecule has 0 saturated carbocycles. The number of halogens is 1. The van der Waals surface area contributed by atoms with Crippen LogP contribution in [-0.2, 0) is 0 Å². The van der Waals surface area contributed by atoms with Crippen LogP contribution in [0.1, 0.15) is 18.0 Å². The van der Waals surface area contributed by atoms with Gasteiger partial charge in [0.25, 0.3) is 0 Å². The molecule has 3 nitrogen and oxygen atoms in total. The largest absolute Gasteiger partial charge is 0.198 e. The van der Waals surface area contributed by atoms with E-state index < -0.39 is 0 Å². The molecule has 1 aliphatic rings. The normalized spacial score (nSPS) is 22.4. The topological polar surface area (TPSA) is 41.6 Å². The fourth-order valence-electron chi connectivity index (χ4n) is 1.24. The summed E-state index contributed by atoms with van der Waals surface area (Å²) < 4.78 is 0. The van der Waals surface area contributed by atoms with Gasteiger partial charge in [0.05, 0.1) is 11.9 Å². The van der Waals surface area contributed by atoms with Gasteiger partial charge in [-0.3, -0.25) is 0 Å². The van der Waals surface area contributed by atoms with Crippen LogP contribution in [0.3, 0.4) is 0 Å². The lowest BCUT2D eigenvalue weighted by Gasteiger charge is -2.10. The lowest BCUT2D eigenvalue weighted by molar-refractivity contribution is 0.798. The van der Waals surface area contributed by atoms with Gasteiger partial charge in [-0.2, -0.15) is 15.4 Å². The Morgan fingerprint density at radius 2 is 2.50 bits per heavy atom. The first-order chi connectivity index (χ1) is 5.86. The molecule has 0 spiro atoms. The molecule has 2 rings (SSSR count). The zero-order valence-electron chi connectivity index (χ0n) is 6.37. The number of nitrogens with zero attached hydrogens (tertiary/aromatic N) is 2. The van der Waals surface area contributed by atoms with Crippen LogP contribution < -0.4 is 0 Å².